The standard InChI is InChI=1S/C17H21Cl2N3O/c1-4-17(23)22(12(2)3)11-16-20-7-8-21(16)10-13-5-6-14(18)15(19)9-13/h5-9,12H,4,10-11H2,1-3H3. The van der Waals surface area contributed by atoms with Crippen molar-refractivity contribution in [3.63, 3.8) is 0 Å². The minimum absolute atomic E-state index is 0.129. The topological polar surface area (TPSA) is 38.1 Å². The van der Waals surface area contributed by atoms with Crippen LogP contribution in [0.25, 0.3) is 0 Å². The monoisotopic (exact) mass is 353 g/mol. The first-order valence-corrected chi connectivity index (χ1v) is 8.41. The normalized spacial score (nSPS) is 11.0. The maximum atomic E-state index is 12.1. The quantitative estimate of drug-likeness (QED) is 0.772. The lowest BCUT2D eigenvalue weighted by atomic mass is 10.2. The largest absolute Gasteiger partial charge is 0.333 e. The number of nitrogens with zero attached hydrogens (tertiary/aromatic N) is 3. The maximum absolute atomic E-state index is 12.1. The molecule has 0 aliphatic heterocycles. The lowest BCUT2D eigenvalue weighted by Crippen LogP contribution is -2.36. The highest BCUT2D eigenvalue weighted by molar-refractivity contribution is 6.42. The van der Waals surface area contributed by atoms with Crippen LogP contribution in [0.2, 0.25) is 10.0 Å². The smallest absolute Gasteiger partial charge is 0.222 e. The van der Waals surface area contributed by atoms with Gasteiger partial charge in [0, 0.05) is 31.4 Å². The van der Waals surface area contributed by atoms with Gasteiger partial charge in [-0.1, -0.05) is 36.2 Å². The molecule has 0 spiro atoms. The van der Waals surface area contributed by atoms with Gasteiger partial charge in [-0.05, 0) is 31.5 Å². The van der Waals surface area contributed by atoms with Crippen LogP contribution in [0.4, 0.5) is 0 Å². The van der Waals surface area contributed by atoms with Crippen LogP contribution in [-0.4, -0.2) is 26.4 Å². The molecule has 1 aromatic heterocycles. The van der Waals surface area contributed by atoms with Crippen LogP contribution in [0.15, 0.2) is 30.6 Å². The van der Waals surface area contributed by atoms with Crippen LogP contribution >= 0.6 is 23.2 Å². The fraction of sp³-hybridized carbons (Fsp3) is 0.412. The number of rotatable bonds is 6. The van der Waals surface area contributed by atoms with E-state index >= 15 is 0 Å². The van der Waals surface area contributed by atoms with Gasteiger partial charge in [0.25, 0.3) is 0 Å². The second-order valence-electron chi connectivity index (χ2n) is 5.69. The van der Waals surface area contributed by atoms with Crippen molar-refractivity contribution in [2.75, 3.05) is 0 Å². The average molecular weight is 354 g/mol. The van der Waals surface area contributed by atoms with Crippen molar-refractivity contribution in [2.45, 2.75) is 46.3 Å². The van der Waals surface area contributed by atoms with Gasteiger partial charge in [-0.15, -0.1) is 0 Å². The number of aromatic nitrogens is 2. The minimum atomic E-state index is 0.129. The van der Waals surface area contributed by atoms with Crippen molar-refractivity contribution in [3.8, 4) is 0 Å². The zero-order valence-electron chi connectivity index (χ0n) is 13.6. The number of hydrogen-bond donors (Lipinski definition) is 0. The Morgan fingerprint density at radius 2 is 2.04 bits per heavy atom. The summed E-state index contributed by atoms with van der Waals surface area (Å²) in [6, 6.07) is 5.72. The maximum Gasteiger partial charge on any atom is 0.222 e. The number of hydrogen-bond acceptors (Lipinski definition) is 2. The molecule has 0 N–H and O–H groups in total. The number of carbonyl (C=O) groups excluding carboxylic acids is 1. The highest BCUT2D eigenvalue weighted by Crippen LogP contribution is 2.23. The van der Waals surface area contributed by atoms with E-state index < -0.39 is 0 Å². The fourth-order valence-electron chi connectivity index (χ4n) is 2.38. The molecule has 0 saturated carbocycles. The van der Waals surface area contributed by atoms with Crippen LogP contribution < -0.4 is 0 Å². The second-order valence-corrected chi connectivity index (χ2v) is 6.50. The Balaban J connectivity index is 2.18. The van der Waals surface area contributed by atoms with E-state index in [0.717, 1.165) is 11.4 Å². The highest BCUT2D eigenvalue weighted by Gasteiger charge is 2.18. The molecular weight excluding hydrogens is 333 g/mol. The molecule has 23 heavy (non-hydrogen) atoms. The Labute approximate surface area is 147 Å². The van der Waals surface area contributed by atoms with Crippen molar-refractivity contribution in [1.82, 2.24) is 14.5 Å². The average Bonchev–Trinajstić information content (AvgIpc) is 2.94. The first kappa shape index (κ1) is 17.8. The van der Waals surface area contributed by atoms with E-state index in [0.29, 0.717) is 29.6 Å². The number of benzene rings is 1. The predicted molar refractivity (Wildman–Crippen MR) is 93.8 cm³/mol. The summed E-state index contributed by atoms with van der Waals surface area (Å²) in [5.41, 5.74) is 1.04. The van der Waals surface area contributed by atoms with Gasteiger partial charge in [-0.25, -0.2) is 4.98 Å². The summed E-state index contributed by atoms with van der Waals surface area (Å²) in [5, 5.41) is 1.08. The van der Waals surface area contributed by atoms with Crippen LogP contribution in [0.3, 0.4) is 0 Å². The summed E-state index contributed by atoms with van der Waals surface area (Å²) in [4.78, 5) is 18.3. The molecule has 0 radical (unpaired) electrons. The Hall–Kier alpha value is -1.52. The van der Waals surface area contributed by atoms with Crippen molar-refractivity contribution in [3.05, 3.63) is 52.0 Å². The molecule has 0 bridgehead atoms. The molecule has 0 atom stereocenters. The molecule has 1 heterocycles. The molecule has 6 heteroatoms. The Morgan fingerprint density at radius 3 is 2.65 bits per heavy atom. The van der Waals surface area contributed by atoms with Gasteiger partial charge >= 0.3 is 0 Å². The van der Waals surface area contributed by atoms with Crippen molar-refractivity contribution in [2.24, 2.45) is 0 Å². The van der Waals surface area contributed by atoms with Gasteiger partial charge in [0.15, 0.2) is 0 Å². The van der Waals surface area contributed by atoms with Gasteiger partial charge in [-0.2, -0.15) is 0 Å². The zero-order valence-corrected chi connectivity index (χ0v) is 15.1. The van der Waals surface area contributed by atoms with Gasteiger partial charge in [0.05, 0.1) is 16.6 Å². The summed E-state index contributed by atoms with van der Waals surface area (Å²) in [6.07, 6.45) is 4.15. The second kappa shape index (κ2) is 7.84. The molecule has 0 saturated heterocycles. The summed E-state index contributed by atoms with van der Waals surface area (Å²) in [7, 11) is 0. The lowest BCUT2D eigenvalue weighted by Gasteiger charge is -2.26. The molecule has 124 valence electrons. The molecule has 0 fully saturated rings. The lowest BCUT2D eigenvalue weighted by molar-refractivity contribution is -0.133. The molecule has 2 aromatic rings. The molecule has 0 unspecified atom stereocenters. The van der Waals surface area contributed by atoms with E-state index in [2.05, 4.69) is 4.98 Å². The summed E-state index contributed by atoms with van der Waals surface area (Å²) < 4.78 is 2.03. The Morgan fingerprint density at radius 1 is 1.30 bits per heavy atom. The van der Waals surface area contributed by atoms with Crippen LogP contribution in [0.1, 0.15) is 38.6 Å². The molecule has 1 amide bonds. The number of halogens is 2. The first-order valence-electron chi connectivity index (χ1n) is 7.65. The predicted octanol–water partition coefficient (Wildman–Crippen LogP) is 4.39. The third-order valence-corrected chi connectivity index (χ3v) is 4.44. The summed E-state index contributed by atoms with van der Waals surface area (Å²) >= 11 is 12.0. The number of amides is 1. The van der Waals surface area contributed by atoms with E-state index in [1.165, 1.54) is 0 Å². The van der Waals surface area contributed by atoms with Crippen LogP contribution in [0.5, 0.6) is 0 Å². The van der Waals surface area contributed by atoms with Gasteiger partial charge in [0.1, 0.15) is 5.82 Å². The van der Waals surface area contributed by atoms with E-state index in [9.17, 15) is 4.79 Å². The first-order chi connectivity index (χ1) is 10.9. The molecule has 1 aromatic carbocycles. The SMILES string of the molecule is CCC(=O)N(Cc1nccn1Cc1ccc(Cl)c(Cl)c1)C(C)C. The van der Waals surface area contributed by atoms with Crippen LogP contribution in [-0.2, 0) is 17.9 Å². The summed E-state index contributed by atoms with van der Waals surface area (Å²) in [5.74, 6) is 0.982. The summed E-state index contributed by atoms with van der Waals surface area (Å²) in [6.45, 7) is 7.04. The van der Waals surface area contributed by atoms with Gasteiger partial charge < -0.3 is 9.47 Å². The Bertz CT molecular complexity index is 682. The van der Waals surface area contributed by atoms with E-state index in [-0.39, 0.29) is 11.9 Å². The van der Waals surface area contributed by atoms with Crippen LogP contribution in [0, 0.1) is 0 Å². The van der Waals surface area contributed by atoms with Gasteiger partial charge in [0.2, 0.25) is 5.91 Å². The number of imidazole rings is 1. The minimum Gasteiger partial charge on any atom is -0.333 e. The fourth-order valence-corrected chi connectivity index (χ4v) is 2.71. The van der Waals surface area contributed by atoms with Crippen molar-refractivity contribution < 1.29 is 4.79 Å². The third kappa shape index (κ3) is 4.49. The molecule has 0 aliphatic carbocycles. The molecular formula is C17H21Cl2N3O. The zero-order chi connectivity index (χ0) is 17.0. The molecule has 0 aliphatic rings. The van der Waals surface area contributed by atoms with E-state index in [1.54, 1.807) is 12.3 Å². The third-order valence-electron chi connectivity index (χ3n) is 3.70. The van der Waals surface area contributed by atoms with Gasteiger partial charge in [-0.3, -0.25) is 4.79 Å². The highest BCUT2D eigenvalue weighted by atomic mass is 35.5. The van der Waals surface area contributed by atoms with E-state index in [4.69, 9.17) is 23.2 Å². The molecule has 2 rings (SSSR count). The van der Waals surface area contributed by atoms with Crippen molar-refractivity contribution >= 4 is 29.1 Å². The van der Waals surface area contributed by atoms with Crippen molar-refractivity contribution in [1.29, 1.82) is 0 Å². The number of carbonyl (C=O) groups is 1. The molecule has 4 nitrogen and oxygen atoms in total. The van der Waals surface area contributed by atoms with E-state index in [1.807, 2.05) is 48.6 Å². The Kier molecular flexibility index (Phi) is 6.08.